The van der Waals surface area contributed by atoms with Gasteiger partial charge >= 0.3 is 0 Å². The maximum absolute atomic E-state index is 4.64. The highest BCUT2D eigenvalue weighted by Crippen LogP contribution is 2.21. The molecule has 0 atom stereocenters. The van der Waals surface area contributed by atoms with E-state index in [0.29, 0.717) is 0 Å². The minimum atomic E-state index is 0.935. The molecule has 5 heteroatoms. The number of likely N-dealkylation sites (N-methyl/N-ethyl adjacent to an activating group) is 1. The van der Waals surface area contributed by atoms with E-state index < -0.39 is 0 Å². The van der Waals surface area contributed by atoms with Crippen molar-refractivity contribution in [2.24, 2.45) is 0 Å². The van der Waals surface area contributed by atoms with Crippen LogP contribution in [0.2, 0.25) is 0 Å². The van der Waals surface area contributed by atoms with Crippen LogP contribution in [0.3, 0.4) is 0 Å². The number of nitrogens with zero attached hydrogens (tertiary/aromatic N) is 4. The van der Waals surface area contributed by atoms with Crippen molar-refractivity contribution in [2.45, 2.75) is 20.0 Å². The van der Waals surface area contributed by atoms with E-state index in [1.807, 2.05) is 12.3 Å². The van der Waals surface area contributed by atoms with Crippen molar-refractivity contribution in [1.82, 2.24) is 19.4 Å². The van der Waals surface area contributed by atoms with E-state index in [2.05, 4.69) is 42.3 Å². The topological polar surface area (TPSA) is 34.0 Å². The standard InChI is InChI=1S/C11H13BrN4/c1-2-15-3-4-16-10(7-15)14-9-5-8(12)6-13-11(9)16/h5-6H,2-4,7H2,1H3. The monoisotopic (exact) mass is 280 g/mol. The van der Waals surface area contributed by atoms with Gasteiger partial charge in [-0.3, -0.25) is 4.90 Å². The minimum absolute atomic E-state index is 0.935. The molecule has 0 spiro atoms. The third-order valence-corrected chi connectivity index (χ3v) is 3.52. The summed E-state index contributed by atoms with van der Waals surface area (Å²) in [5.41, 5.74) is 2.00. The number of aromatic nitrogens is 3. The molecule has 84 valence electrons. The third-order valence-electron chi connectivity index (χ3n) is 3.08. The molecule has 0 radical (unpaired) electrons. The first kappa shape index (κ1) is 10.2. The third kappa shape index (κ3) is 1.55. The van der Waals surface area contributed by atoms with Crippen molar-refractivity contribution in [2.75, 3.05) is 13.1 Å². The molecule has 0 N–H and O–H groups in total. The summed E-state index contributed by atoms with van der Waals surface area (Å²) in [5, 5.41) is 0. The summed E-state index contributed by atoms with van der Waals surface area (Å²) in [6.07, 6.45) is 1.84. The Morgan fingerprint density at radius 1 is 1.44 bits per heavy atom. The van der Waals surface area contributed by atoms with Crippen molar-refractivity contribution in [3.05, 3.63) is 22.6 Å². The van der Waals surface area contributed by atoms with Crippen LogP contribution in [0.1, 0.15) is 12.7 Å². The zero-order valence-corrected chi connectivity index (χ0v) is 10.7. The summed E-state index contributed by atoms with van der Waals surface area (Å²) in [6.45, 7) is 6.29. The largest absolute Gasteiger partial charge is 0.310 e. The molecule has 2 aromatic rings. The number of imidazole rings is 1. The van der Waals surface area contributed by atoms with E-state index in [4.69, 9.17) is 0 Å². The van der Waals surface area contributed by atoms with Crippen LogP contribution in [0.5, 0.6) is 0 Å². The molecule has 0 fully saturated rings. The van der Waals surface area contributed by atoms with E-state index in [1.165, 1.54) is 0 Å². The number of rotatable bonds is 1. The van der Waals surface area contributed by atoms with E-state index >= 15 is 0 Å². The Bertz CT molecular complexity index is 534. The number of hydrogen-bond donors (Lipinski definition) is 0. The fraction of sp³-hybridized carbons (Fsp3) is 0.455. The quantitative estimate of drug-likeness (QED) is 0.802. The Morgan fingerprint density at radius 3 is 3.12 bits per heavy atom. The first-order chi connectivity index (χ1) is 7.78. The van der Waals surface area contributed by atoms with Gasteiger partial charge in [-0.1, -0.05) is 6.92 Å². The molecule has 1 aliphatic rings. The molecule has 0 aliphatic carbocycles. The molecule has 4 nitrogen and oxygen atoms in total. The average Bonchev–Trinajstić information content (AvgIpc) is 2.64. The van der Waals surface area contributed by atoms with Gasteiger partial charge in [-0.25, -0.2) is 9.97 Å². The smallest absolute Gasteiger partial charge is 0.160 e. The van der Waals surface area contributed by atoms with Crippen molar-refractivity contribution >= 4 is 27.1 Å². The van der Waals surface area contributed by atoms with Gasteiger partial charge in [-0.2, -0.15) is 0 Å². The normalized spacial score (nSPS) is 16.6. The van der Waals surface area contributed by atoms with Gasteiger partial charge in [0.15, 0.2) is 5.65 Å². The van der Waals surface area contributed by atoms with Crippen LogP contribution in [-0.4, -0.2) is 32.5 Å². The molecule has 2 aromatic heterocycles. The fourth-order valence-corrected chi connectivity index (χ4v) is 2.50. The van der Waals surface area contributed by atoms with Crippen LogP contribution in [-0.2, 0) is 13.1 Å². The summed E-state index contributed by atoms with van der Waals surface area (Å²) in [7, 11) is 0. The van der Waals surface area contributed by atoms with Gasteiger partial charge in [0.2, 0.25) is 0 Å². The molecule has 0 unspecified atom stereocenters. The molecule has 3 rings (SSSR count). The number of hydrogen-bond acceptors (Lipinski definition) is 3. The molecule has 1 aliphatic heterocycles. The highest BCUT2D eigenvalue weighted by Gasteiger charge is 2.19. The van der Waals surface area contributed by atoms with Crippen LogP contribution >= 0.6 is 15.9 Å². The predicted octanol–water partition coefficient (Wildman–Crippen LogP) is 2.03. The average molecular weight is 281 g/mol. The zero-order valence-electron chi connectivity index (χ0n) is 9.15. The van der Waals surface area contributed by atoms with Crippen molar-refractivity contribution in [1.29, 1.82) is 0 Å². The van der Waals surface area contributed by atoms with Crippen LogP contribution in [0.4, 0.5) is 0 Å². The number of pyridine rings is 1. The zero-order chi connectivity index (χ0) is 11.1. The molecule has 0 amide bonds. The van der Waals surface area contributed by atoms with Gasteiger partial charge < -0.3 is 4.57 Å². The second kappa shape index (κ2) is 3.82. The van der Waals surface area contributed by atoms with E-state index in [0.717, 1.165) is 47.6 Å². The Kier molecular flexibility index (Phi) is 2.44. The predicted molar refractivity (Wildman–Crippen MR) is 66.2 cm³/mol. The highest BCUT2D eigenvalue weighted by atomic mass is 79.9. The SMILES string of the molecule is CCN1CCn2c(nc3cc(Br)cnc32)C1. The van der Waals surface area contributed by atoms with Crippen LogP contribution < -0.4 is 0 Å². The van der Waals surface area contributed by atoms with Gasteiger partial charge in [0.25, 0.3) is 0 Å². The van der Waals surface area contributed by atoms with Crippen molar-refractivity contribution in [3.63, 3.8) is 0 Å². The molecule has 0 saturated carbocycles. The first-order valence-corrected chi connectivity index (χ1v) is 6.30. The van der Waals surface area contributed by atoms with Crippen LogP contribution in [0, 0.1) is 0 Å². The minimum Gasteiger partial charge on any atom is -0.310 e. The first-order valence-electron chi connectivity index (χ1n) is 5.51. The lowest BCUT2D eigenvalue weighted by molar-refractivity contribution is 0.230. The maximum Gasteiger partial charge on any atom is 0.160 e. The molecular formula is C11H13BrN4. The Labute approximate surface area is 102 Å². The second-order valence-corrected chi connectivity index (χ2v) is 4.96. The molecule has 0 saturated heterocycles. The van der Waals surface area contributed by atoms with Gasteiger partial charge in [0.05, 0.1) is 6.54 Å². The summed E-state index contributed by atoms with van der Waals surface area (Å²) in [5.74, 6) is 1.13. The van der Waals surface area contributed by atoms with Gasteiger partial charge in [0.1, 0.15) is 11.3 Å². The van der Waals surface area contributed by atoms with Crippen molar-refractivity contribution in [3.8, 4) is 0 Å². The Balaban J connectivity index is 2.12. The summed E-state index contributed by atoms with van der Waals surface area (Å²) in [4.78, 5) is 11.5. The Hall–Kier alpha value is -0.940. The molecule has 0 aromatic carbocycles. The van der Waals surface area contributed by atoms with Crippen LogP contribution in [0.25, 0.3) is 11.2 Å². The molecular weight excluding hydrogens is 268 g/mol. The van der Waals surface area contributed by atoms with E-state index in [-0.39, 0.29) is 0 Å². The second-order valence-electron chi connectivity index (χ2n) is 4.04. The molecule has 0 bridgehead atoms. The van der Waals surface area contributed by atoms with Crippen molar-refractivity contribution < 1.29 is 0 Å². The summed E-state index contributed by atoms with van der Waals surface area (Å²) >= 11 is 3.43. The summed E-state index contributed by atoms with van der Waals surface area (Å²) in [6, 6.07) is 2.03. The lowest BCUT2D eigenvalue weighted by atomic mass is 10.3. The maximum atomic E-state index is 4.64. The number of fused-ring (bicyclic) bond motifs is 3. The lowest BCUT2D eigenvalue weighted by Crippen LogP contribution is -2.33. The summed E-state index contributed by atoms with van der Waals surface area (Å²) < 4.78 is 3.22. The molecule has 16 heavy (non-hydrogen) atoms. The van der Waals surface area contributed by atoms with E-state index in [9.17, 15) is 0 Å². The lowest BCUT2D eigenvalue weighted by Gasteiger charge is -2.25. The fourth-order valence-electron chi connectivity index (χ4n) is 2.18. The highest BCUT2D eigenvalue weighted by molar-refractivity contribution is 9.10. The van der Waals surface area contributed by atoms with Gasteiger partial charge in [0, 0.05) is 23.8 Å². The van der Waals surface area contributed by atoms with Crippen LogP contribution in [0.15, 0.2) is 16.7 Å². The van der Waals surface area contributed by atoms with Gasteiger partial charge in [-0.05, 0) is 28.5 Å². The Morgan fingerprint density at radius 2 is 2.31 bits per heavy atom. The van der Waals surface area contributed by atoms with E-state index in [1.54, 1.807) is 0 Å². The molecule has 3 heterocycles. The number of halogens is 1. The van der Waals surface area contributed by atoms with Gasteiger partial charge in [-0.15, -0.1) is 0 Å².